The molecule has 14 heteroatoms. The van der Waals surface area contributed by atoms with E-state index in [1.807, 2.05) is 0 Å². The molecule has 1 aliphatic rings. The number of aliphatic hydroxyl groups is 1. The van der Waals surface area contributed by atoms with Gasteiger partial charge in [0.05, 0.1) is 43.4 Å². The molecule has 0 spiro atoms. The lowest BCUT2D eigenvalue weighted by atomic mass is 10.0. The monoisotopic (exact) mass is 514 g/mol. The molecular weight excluding hydrogens is 492 g/mol. The number of imidazole rings is 1. The van der Waals surface area contributed by atoms with Crippen molar-refractivity contribution >= 4 is 44.0 Å². The van der Waals surface area contributed by atoms with Crippen LogP contribution < -0.4 is 10.5 Å². The third kappa shape index (κ3) is 4.66. The SMILES string of the molecule is Nc1ncnc2c1ncn2C1CO[C@H](COS(=O)(=O)NC(=O)c2cc3ccccc3cc2O)C[C@H]1O. The molecule has 4 aromatic rings. The molecule has 1 fully saturated rings. The van der Waals surface area contributed by atoms with E-state index in [1.54, 1.807) is 33.6 Å². The lowest BCUT2D eigenvalue weighted by Gasteiger charge is -2.33. The van der Waals surface area contributed by atoms with Crippen molar-refractivity contribution in [3.63, 3.8) is 0 Å². The van der Waals surface area contributed by atoms with Crippen LogP contribution in [0.5, 0.6) is 5.75 Å². The van der Waals surface area contributed by atoms with Crippen LogP contribution in [0, 0.1) is 0 Å². The number of aromatic nitrogens is 4. The number of hydrogen-bond acceptors (Lipinski definition) is 11. The zero-order chi connectivity index (χ0) is 25.4. The highest BCUT2D eigenvalue weighted by atomic mass is 32.2. The summed E-state index contributed by atoms with van der Waals surface area (Å²) in [6, 6.07) is 9.22. The Morgan fingerprint density at radius 3 is 2.72 bits per heavy atom. The number of aromatic hydroxyl groups is 1. The Bertz CT molecular complexity index is 1560. The summed E-state index contributed by atoms with van der Waals surface area (Å²) in [6.07, 6.45) is 1.14. The highest BCUT2D eigenvalue weighted by Crippen LogP contribution is 2.28. The number of benzene rings is 2. The fraction of sp³-hybridized carbons (Fsp3) is 0.273. The molecule has 1 aliphatic heterocycles. The molecule has 0 saturated carbocycles. The number of anilines is 1. The van der Waals surface area contributed by atoms with Crippen LogP contribution in [0.2, 0.25) is 0 Å². The first-order valence-electron chi connectivity index (χ1n) is 10.9. The van der Waals surface area contributed by atoms with Gasteiger partial charge in [0.15, 0.2) is 11.5 Å². The van der Waals surface area contributed by atoms with Crippen LogP contribution in [0.15, 0.2) is 49.1 Å². The summed E-state index contributed by atoms with van der Waals surface area (Å²) >= 11 is 0. The van der Waals surface area contributed by atoms with Gasteiger partial charge in [0.1, 0.15) is 17.6 Å². The zero-order valence-electron chi connectivity index (χ0n) is 18.7. The zero-order valence-corrected chi connectivity index (χ0v) is 19.5. The van der Waals surface area contributed by atoms with Crippen LogP contribution in [-0.4, -0.2) is 69.5 Å². The highest BCUT2D eigenvalue weighted by molar-refractivity contribution is 7.85. The van der Waals surface area contributed by atoms with E-state index >= 15 is 0 Å². The van der Waals surface area contributed by atoms with Crippen molar-refractivity contribution in [2.75, 3.05) is 18.9 Å². The molecule has 0 bridgehead atoms. The van der Waals surface area contributed by atoms with Crippen molar-refractivity contribution in [2.45, 2.75) is 24.7 Å². The van der Waals surface area contributed by atoms with Crippen molar-refractivity contribution in [3.8, 4) is 5.75 Å². The quantitative estimate of drug-likeness (QED) is 0.282. The maximum atomic E-state index is 12.5. The second-order valence-corrected chi connectivity index (χ2v) is 9.64. The van der Waals surface area contributed by atoms with E-state index in [9.17, 15) is 23.4 Å². The predicted octanol–water partition coefficient (Wildman–Crippen LogP) is 0.650. The Morgan fingerprint density at radius 1 is 1.22 bits per heavy atom. The number of phenols is 1. The molecule has 2 aromatic carbocycles. The van der Waals surface area contributed by atoms with E-state index in [-0.39, 0.29) is 30.2 Å². The smallest absolute Gasteiger partial charge is 0.362 e. The molecule has 3 atom stereocenters. The van der Waals surface area contributed by atoms with Gasteiger partial charge in [0.25, 0.3) is 5.91 Å². The molecule has 36 heavy (non-hydrogen) atoms. The maximum Gasteiger partial charge on any atom is 0.362 e. The van der Waals surface area contributed by atoms with E-state index < -0.39 is 41.1 Å². The molecule has 2 aromatic heterocycles. The van der Waals surface area contributed by atoms with Crippen LogP contribution in [0.4, 0.5) is 5.82 Å². The van der Waals surface area contributed by atoms with Gasteiger partial charge in [-0.1, -0.05) is 24.3 Å². The van der Waals surface area contributed by atoms with Gasteiger partial charge in [-0.25, -0.2) is 19.7 Å². The molecule has 5 rings (SSSR count). The first kappa shape index (κ1) is 23.9. The minimum absolute atomic E-state index is 0.0297. The number of ether oxygens (including phenoxy) is 1. The summed E-state index contributed by atoms with van der Waals surface area (Å²) in [4.78, 5) is 24.7. The number of amides is 1. The molecule has 0 radical (unpaired) electrons. The van der Waals surface area contributed by atoms with Crippen LogP contribution in [0.1, 0.15) is 22.8 Å². The summed E-state index contributed by atoms with van der Waals surface area (Å²) in [5, 5.41) is 22.2. The largest absolute Gasteiger partial charge is 0.507 e. The van der Waals surface area contributed by atoms with Gasteiger partial charge in [0.2, 0.25) is 0 Å². The average molecular weight is 515 g/mol. The molecular formula is C22H22N6O7S. The van der Waals surface area contributed by atoms with Gasteiger partial charge < -0.3 is 25.3 Å². The van der Waals surface area contributed by atoms with Gasteiger partial charge in [-0.15, -0.1) is 0 Å². The number of phenolic OH excluding ortho intramolecular Hbond substituents is 1. The van der Waals surface area contributed by atoms with Gasteiger partial charge in [-0.3, -0.25) is 8.98 Å². The summed E-state index contributed by atoms with van der Waals surface area (Å²) < 4.78 is 38.7. The van der Waals surface area contributed by atoms with Gasteiger partial charge in [-0.2, -0.15) is 8.42 Å². The first-order valence-corrected chi connectivity index (χ1v) is 12.3. The predicted molar refractivity (Wildman–Crippen MR) is 127 cm³/mol. The van der Waals surface area contributed by atoms with Gasteiger partial charge >= 0.3 is 10.3 Å². The molecule has 5 N–H and O–H groups in total. The van der Waals surface area contributed by atoms with Gasteiger partial charge in [-0.05, 0) is 22.9 Å². The molecule has 188 valence electrons. The normalized spacial score (nSPS) is 20.5. The number of aliphatic hydroxyl groups excluding tert-OH is 1. The number of nitrogen functional groups attached to an aromatic ring is 1. The van der Waals surface area contributed by atoms with E-state index in [0.717, 1.165) is 0 Å². The van der Waals surface area contributed by atoms with Crippen molar-refractivity contribution in [2.24, 2.45) is 0 Å². The molecule has 3 heterocycles. The number of nitrogens with one attached hydrogen (secondary N) is 1. The number of fused-ring (bicyclic) bond motifs is 2. The third-order valence-corrected chi connectivity index (χ3v) is 6.81. The summed E-state index contributed by atoms with van der Waals surface area (Å²) in [7, 11) is -4.52. The molecule has 1 unspecified atom stereocenters. The maximum absolute atomic E-state index is 12.5. The topological polar surface area (TPSA) is 192 Å². The molecule has 1 amide bonds. The minimum atomic E-state index is -4.52. The van der Waals surface area contributed by atoms with E-state index in [4.69, 9.17) is 14.7 Å². The Kier molecular flexibility index (Phi) is 6.17. The summed E-state index contributed by atoms with van der Waals surface area (Å²) in [6.45, 7) is -0.405. The van der Waals surface area contributed by atoms with E-state index in [2.05, 4.69) is 15.0 Å². The lowest BCUT2D eigenvalue weighted by Crippen LogP contribution is -2.42. The fourth-order valence-corrected chi connectivity index (χ4v) is 4.84. The highest BCUT2D eigenvalue weighted by Gasteiger charge is 2.33. The third-order valence-electron chi connectivity index (χ3n) is 5.93. The second-order valence-electron chi connectivity index (χ2n) is 8.30. The Hall–Kier alpha value is -3.85. The van der Waals surface area contributed by atoms with Crippen molar-refractivity contribution in [1.82, 2.24) is 24.2 Å². The van der Waals surface area contributed by atoms with Gasteiger partial charge in [0, 0.05) is 6.42 Å². The van der Waals surface area contributed by atoms with Crippen molar-refractivity contribution < 1.29 is 32.3 Å². The number of nitrogens with two attached hydrogens (primary N) is 1. The molecule has 13 nitrogen and oxygen atoms in total. The fourth-order valence-electron chi connectivity index (χ4n) is 4.11. The molecule has 0 aliphatic carbocycles. The van der Waals surface area contributed by atoms with E-state index in [1.165, 1.54) is 24.8 Å². The minimum Gasteiger partial charge on any atom is -0.507 e. The summed E-state index contributed by atoms with van der Waals surface area (Å²) in [5.41, 5.74) is 6.42. The first-order chi connectivity index (χ1) is 17.2. The van der Waals surface area contributed by atoms with Crippen LogP contribution >= 0.6 is 0 Å². The van der Waals surface area contributed by atoms with Crippen LogP contribution in [-0.2, 0) is 19.2 Å². The average Bonchev–Trinajstić information content (AvgIpc) is 3.27. The Morgan fingerprint density at radius 2 is 1.97 bits per heavy atom. The van der Waals surface area contributed by atoms with Crippen LogP contribution in [0.3, 0.4) is 0 Å². The number of carbonyl (C=O) groups excluding carboxylic acids is 1. The summed E-state index contributed by atoms with van der Waals surface area (Å²) in [5.74, 6) is -1.21. The molecule has 1 saturated heterocycles. The Balaban J connectivity index is 1.20. The Labute approximate surface area is 204 Å². The number of nitrogens with zero attached hydrogens (tertiary/aromatic N) is 4. The van der Waals surface area contributed by atoms with Crippen molar-refractivity contribution in [1.29, 1.82) is 0 Å². The van der Waals surface area contributed by atoms with Crippen LogP contribution in [0.25, 0.3) is 21.9 Å². The number of carbonyl (C=O) groups is 1. The standard InChI is InChI=1S/C22H22N6O7S/c23-20-19-21(25-10-24-20)28(11-26-19)16-9-34-14(7-18(16)30)8-35-36(32,33)27-22(31)15-5-12-3-1-2-4-13(12)6-17(15)29/h1-6,10-11,14,16,18,29-30H,7-9H2,(H,27,31)(H2,23,24,25)/t14-,16?,18+/m0/s1. The van der Waals surface area contributed by atoms with E-state index in [0.29, 0.717) is 21.9 Å². The number of rotatable bonds is 6. The second kappa shape index (κ2) is 9.31. The van der Waals surface area contributed by atoms with Crippen molar-refractivity contribution in [3.05, 3.63) is 54.6 Å². The number of hydrogen-bond donors (Lipinski definition) is 4. The lowest BCUT2D eigenvalue weighted by molar-refractivity contribution is -0.0887.